The predicted molar refractivity (Wildman–Crippen MR) is 53.0 cm³/mol. The normalized spacial score (nSPS) is 22.2. The van der Waals surface area contributed by atoms with Crippen molar-refractivity contribution in [1.29, 1.82) is 0 Å². The van der Waals surface area contributed by atoms with Gasteiger partial charge in [0.2, 0.25) is 0 Å². The first kappa shape index (κ1) is 8.54. The predicted octanol–water partition coefficient (Wildman–Crippen LogP) is 2.86. The number of aryl methyl sites for hydroxylation is 1. The first-order chi connectivity index (χ1) is 6.18. The first-order valence-electron chi connectivity index (χ1n) is 4.67. The van der Waals surface area contributed by atoms with Crippen LogP contribution in [0.1, 0.15) is 24.0 Å². The number of hydrogen-bond acceptors (Lipinski definition) is 1. The lowest BCUT2D eigenvalue weighted by Gasteiger charge is -2.11. The van der Waals surface area contributed by atoms with E-state index in [0.717, 1.165) is 17.8 Å². The van der Waals surface area contributed by atoms with E-state index in [-0.39, 0.29) is 5.92 Å². The van der Waals surface area contributed by atoms with Crippen LogP contribution in [0, 0.1) is 6.92 Å². The van der Waals surface area contributed by atoms with Crippen molar-refractivity contribution in [3.05, 3.63) is 29.3 Å². The van der Waals surface area contributed by atoms with Gasteiger partial charge in [-0.05, 0) is 25.5 Å². The van der Waals surface area contributed by atoms with Crippen molar-refractivity contribution >= 4 is 5.69 Å². The molecule has 0 bridgehead atoms. The van der Waals surface area contributed by atoms with E-state index < -0.39 is 6.17 Å². The van der Waals surface area contributed by atoms with Crippen LogP contribution >= 0.6 is 0 Å². The number of fused-ring (bicyclic) bond motifs is 1. The molecule has 0 saturated carbocycles. The van der Waals surface area contributed by atoms with Crippen LogP contribution in [-0.4, -0.2) is 12.7 Å². The molecule has 1 aromatic rings. The van der Waals surface area contributed by atoms with Crippen molar-refractivity contribution in [2.45, 2.75) is 25.9 Å². The van der Waals surface area contributed by atoms with Gasteiger partial charge in [-0.3, -0.25) is 0 Å². The average molecular weight is 179 g/mol. The molecule has 1 heterocycles. The minimum Gasteiger partial charge on any atom is -0.384 e. The highest BCUT2D eigenvalue weighted by Crippen LogP contribution is 2.35. The fourth-order valence-electron chi connectivity index (χ4n) is 1.89. The second-order valence-electron chi connectivity index (χ2n) is 3.76. The van der Waals surface area contributed by atoms with E-state index in [0.29, 0.717) is 0 Å². The topological polar surface area (TPSA) is 12.0 Å². The van der Waals surface area contributed by atoms with Crippen molar-refractivity contribution in [2.75, 3.05) is 11.9 Å². The molecule has 2 unspecified atom stereocenters. The Morgan fingerprint density at radius 3 is 3.00 bits per heavy atom. The first-order valence-corrected chi connectivity index (χ1v) is 4.67. The van der Waals surface area contributed by atoms with Gasteiger partial charge in [0.25, 0.3) is 0 Å². The summed E-state index contributed by atoms with van der Waals surface area (Å²) in [7, 11) is 0. The molecule has 0 radical (unpaired) electrons. The van der Waals surface area contributed by atoms with Crippen molar-refractivity contribution in [2.24, 2.45) is 0 Å². The third-order valence-corrected chi connectivity index (χ3v) is 2.67. The standard InChI is InChI=1S/C11H14FN/c1-7-3-4-11-9(5-7)10(6-13-11)8(2)12/h3-5,8,10,13H,6H2,1-2H3. The number of hydrogen-bond donors (Lipinski definition) is 1. The smallest absolute Gasteiger partial charge is 0.106 e. The van der Waals surface area contributed by atoms with Crippen LogP contribution in [0.5, 0.6) is 0 Å². The van der Waals surface area contributed by atoms with Crippen LogP contribution in [0.3, 0.4) is 0 Å². The molecule has 2 atom stereocenters. The maximum atomic E-state index is 13.2. The molecule has 1 N–H and O–H groups in total. The van der Waals surface area contributed by atoms with Gasteiger partial charge in [0, 0.05) is 18.2 Å². The molecule has 1 nitrogen and oxygen atoms in total. The van der Waals surface area contributed by atoms with Gasteiger partial charge in [0.1, 0.15) is 6.17 Å². The Morgan fingerprint density at radius 2 is 2.31 bits per heavy atom. The summed E-state index contributed by atoms with van der Waals surface area (Å²) >= 11 is 0. The molecule has 13 heavy (non-hydrogen) atoms. The van der Waals surface area contributed by atoms with E-state index >= 15 is 0 Å². The molecule has 2 rings (SSSR count). The minimum absolute atomic E-state index is 0.0369. The van der Waals surface area contributed by atoms with Gasteiger partial charge >= 0.3 is 0 Å². The lowest BCUT2D eigenvalue weighted by molar-refractivity contribution is 0.317. The molecule has 0 saturated heterocycles. The minimum atomic E-state index is -0.768. The molecule has 1 aliphatic heterocycles. The van der Waals surface area contributed by atoms with Crippen molar-refractivity contribution < 1.29 is 4.39 Å². The van der Waals surface area contributed by atoms with E-state index in [4.69, 9.17) is 0 Å². The summed E-state index contributed by atoms with van der Waals surface area (Å²) in [5.41, 5.74) is 3.43. The maximum Gasteiger partial charge on any atom is 0.106 e. The van der Waals surface area contributed by atoms with Crippen LogP contribution in [0.4, 0.5) is 10.1 Å². The second-order valence-corrected chi connectivity index (χ2v) is 3.76. The Morgan fingerprint density at radius 1 is 1.54 bits per heavy atom. The van der Waals surface area contributed by atoms with Crippen molar-refractivity contribution in [3.63, 3.8) is 0 Å². The lowest BCUT2D eigenvalue weighted by atomic mass is 9.96. The second kappa shape index (κ2) is 3.02. The fraction of sp³-hybridized carbons (Fsp3) is 0.455. The molecule has 1 aromatic carbocycles. The van der Waals surface area contributed by atoms with Crippen LogP contribution in [0.15, 0.2) is 18.2 Å². The maximum absolute atomic E-state index is 13.2. The van der Waals surface area contributed by atoms with Crippen molar-refractivity contribution in [1.82, 2.24) is 0 Å². The van der Waals surface area contributed by atoms with Gasteiger partial charge in [0.15, 0.2) is 0 Å². The van der Waals surface area contributed by atoms with Crippen LogP contribution in [0.25, 0.3) is 0 Å². The molecule has 2 heteroatoms. The zero-order valence-corrected chi connectivity index (χ0v) is 7.97. The van der Waals surface area contributed by atoms with Crippen LogP contribution < -0.4 is 5.32 Å². The number of anilines is 1. The average Bonchev–Trinajstić information content (AvgIpc) is 2.46. The van der Waals surface area contributed by atoms with E-state index in [2.05, 4.69) is 17.4 Å². The third-order valence-electron chi connectivity index (χ3n) is 2.67. The molecular formula is C11H14FN. The highest BCUT2D eigenvalue weighted by atomic mass is 19.1. The lowest BCUT2D eigenvalue weighted by Crippen LogP contribution is -2.12. The van der Waals surface area contributed by atoms with Gasteiger partial charge in [-0.2, -0.15) is 0 Å². The molecule has 0 fully saturated rings. The summed E-state index contributed by atoms with van der Waals surface area (Å²) < 4.78 is 13.2. The van der Waals surface area contributed by atoms with Crippen LogP contribution in [-0.2, 0) is 0 Å². The quantitative estimate of drug-likeness (QED) is 0.699. The summed E-state index contributed by atoms with van der Waals surface area (Å²) in [5, 5.41) is 3.22. The highest BCUT2D eigenvalue weighted by Gasteiger charge is 2.26. The number of benzene rings is 1. The molecule has 1 aliphatic rings. The summed E-state index contributed by atoms with van der Waals surface area (Å²) in [6, 6.07) is 6.17. The molecule has 0 aromatic heterocycles. The van der Waals surface area contributed by atoms with Gasteiger partial charge in [-0.25, -0.2) is 4.39 Å². The Kier molecular flexibility index (Phi) is 1.98. The Balaban J connectivity index is 2.40. The number of alkyl halides is 1. The number of nitrogens with one attached hydrogen (secondary N) is 1. The number of rotatable bonds is 1. The van der Waals surface area contributed by atoms with Gasteiger partial charge in [0.05, 0.1) is 0 Å². The SMILES string of the molecule is Cc1ccc2c(c1)C(C(C)F)CN2. The highest BCUT2D eigenvalue weighted by molar-refractivity contribution is 5.59. The van der Waals surface area contributed by atoms with E-state index in [1.807, 2.05) is 13.0 Å². The van der Waals surface area contributed by atoms with E-state index in [9.17, 15) is 4.39 Å². The van der Waals surface area contributed by atoms with E-state index in [1.54, 1.807) is 6.92 Å². The Labute approximate surface area is 78.0 Å². The molecule has 70 valence electrons. The largest absolute Gasteiger partial charge is 0.384 e. The monoisotopic (exact) mass is 179 g/mol. The Bertz CT molecular complexity index is 320. The van der Waals surface area contributed by atoms with Crippen molar-refractivity contribution in [3.8, 4) is 0 Å². The summed E-state index contributed by atoms with van der Waals surface area (Å²) in [4.78, 5) is 0. The van der Waals surface area contributed by atoms with Gasteiger partial charge in [-0.1, -0.05) is 17.7 Å². The summed E-state index contributed by atoms with van der Waals surface area (Å²) in [6.45, 7) is 4.40. The molecule has 0 spiro atoms. The van der Waals surface area contributed by atoms with Gasteiger partial charge in [-0.15, -0.1) is 0 Å². The zero-order chi connectivity index (χ0) is 9.42. The zero-order valence-electron chi connectivity index (χ0n) is 7.97. The summed E-state index contributed by atoms with van der Waals surface area (Å²) in [6.07, 6.45) is -0.768. The summed E-state index contributed by atoms with van der Waals surface area (Å²) in [5.74, 6) is 0.0369. The van der Waals surface area contributed by atoms with Gasteiger partial charge < -0.3 is 5.32 Å². The van der Waals surface area contributed by atoms with Crippen LogP contribution in [0.2, 0.25) is 0 Å². The molecular weight excluding hydrogens is 165 g/mol. The Hall–Kier alpha value is -1.05. The molecule has 0 amide bonds. The van der Waals surface area contributed by atoms with E-state index in [1.165, 1.54) is 5.56 Å². The molecule has 0 aliphatic carbocycles. The fourth-order valence-corrected chi connectivity index (χ4v) is 1.89. The third kappa shape index (κ3) is 1.41. The number of halogens is 1.